The first-order chi connectivity index (χ1) is 6.24. The second-order valence-corrected chi connectivity index (χ2v) is 2.43. The van der Waals surface area contributed by atoms with E-state index >= 15 is 0 Å². The topological polar surface area (TPSA) is 62.2 Å². The van der Waals surface area contributed by atoms with E-state index in [4.69, 9.17) is 5.11 Å². The number of amides is 1. The van der Waals surface area contributed by atoms with Gasteiger partial charge < -0.3 is 10.4 Å². The molecule has 1 heterocycles. The lowest BCUT2D eigenvalue weighted by Crippen LogP contribution is -2.23. The van der Waals surface area contributed by atoms with Gasteiger partial charge in [-0.05, 0) is 6.07 Å². The summed E-state index contributed by atoms with van der Waals surface area (Å²) in [4.78, 5) is 14.9. The monoisotopic (exact) mass is 178 g/mol. The molecule has 0 saturated heterocycles. The number of hydrogen-bond donors (Lipinski definition) is 2. The summed E-state index contributed by atoms with van der Waals surface area (Å²) >= 11 is 0. The Morgan fingerprint density at radius 1 is 1.69 bits per heavy atom. The van der Waals surface area contributed by atoms with Gasteiger partial charge in [0.15, 0.2) is 0 Å². The molecule has 0 aliphatic rings. The number of carbonyl (C=O) groups is 1. The third-order valence-electron chi connectivity index (χ3n) is 1.39. The maximum atomic E-state index is 11.2. The highest BCUT2D eigenvalue weighted by atomic mass is 16.3. The lowest BCUT2D eigenvalue weighted by atomic mass is 10.2. The van der Waals surface area contributed by atoms with Crippen LogP contribution in [0.1, 0.15) is 10.4 Å². The van der Waals surface area contributed by atoms with Crippen molar-refractivity contribution in [2.45, 2.75) is 0 Å². The molecule has 0 atom stereocenters. The van der Waals surface area contributed by atoms with Crippen LogP contribution in [0.5, 0.6) is 5.75 Å². The molecule has 1 amide bonds. The summed E-state index contributed by atoms with van der Waals surface area (Å²) < 4.78 is 0. The molecule has 68 valence electrons. The van der Waals surface area contributed by atoms with E-state index < -0.39 is 0 Å². The van der Waals surface area contributed by atoms with Gasteiger partial charge in [-0.2, -0.15) is 0 Å². The van der Waals surface area contributed by atoms with Crippen molar-refractivity contribution >= 4 is 5.91 Å². The fourth-order valence-corrected chi connectivity index (χ4v) is 0.819. The van der Waals surface area contributed by atoms with Crippen molar-refractivity contribution in [2.24, 2.45) is 0 Å². The molecular weight excluding hydrogens is 168 g/mol. The van der Waals surface area contributed by atoms with Crippen molar-refractivity contribution < 1.29 is 9.90 Å². The van der Waals surface area contributed by atoms with Crippen molar-refractivity contribution in [1.82, 2.24) is 10.3 Å². The van der Waals surface area contributed by atoms with Gasteiger partial charge in [-0.3, -0.25) is 9.78 Å². The Morgan fingerprint density at radius 3 is 3.08 bits per heavy atom. The third kappa shape index (κ3) is 2.59. The predicted octanol–water partition coefficient (Wildman–Crippen LogP) is 0.703. The SMILES string of the molecule is C=CCNC(=O)c1cncc(O)c1. The Morgan fingerprint density at radius 2 is 2.46 bits per heavy atom. The fraction of sp³-hybridized carbons (Fsp3) is 0.111. The lowest BCUT2D eigenvalue weighted by molar-refractivity contribution is 0.0957. The quantitative estimate of drug-likeness (QED) is 0.670. The van der Waals surface area contributed by atoms with E-state index in [2.05, 4.69) is 16.9 Å². The van der Waals surface area contributed by atoms with Crippen LogP contribution >= 0.6 is 0 Å². The maximum absolute atomic E-state index is 11.2. The molecule has 2 N–H and O–H groups in total. The largest absolute Gasteiger partial charge is 0.506 e. The van der Waals surface area contributed by atoms with Gasteiger partial charge in [0.1, 0.15) is 5.75 Å². The molecule has 0 radical (unpaired) electrons. The van der Waals surface area contributed by atoms with Crippen LogP contribution in [-0.4, -0.2) is 22.5 Å². The summed E-state index contributed by atoms with van der Waals surface area (Å²) in [6.45, 7) is 3.86. The van der Waals surface area contributed by atoms with E-state index in [0.29, 0.717) is 12.1 Å². The van der Waals surface area contributed by atoms with Crippen LogP contribution in [-0.2, 0) is 0 Å². The number of hydrogen-bond acceptors (Lipinski definition) is 3. The maximum Gasteiger partial charge on any atom is 0.253 e. The molecule has 0 saturated carbocycles. The van der Waals surface area contributed by atoms with Gasteiger partial charge in [0.2, 0.25) is 0 Å². The molecule has 0 fully saturated rings. The van der Waals surface area contributed by atoms with Gasteiger partial charge in [-0.15, -0.1) is 6.58 Å². The van der Waals surface area contributed by atoms with Crippen molar-refractivity contribution in [3.63, 3.8) is 0 Å². The predicted molar refractivity (Wildman–Crippen MR) is 48.4 cm³/mol. The molecule has 1 aromatic rings. The summed E-state index contributed by atoms with van der Waals surface area (Å²) in [5.74, 6) is -0.297. The second-order valence-electron chi connectivity index (χ2n) is 2.43. The Kier molecular flexibility index (Phi) is 3.03. The first-order valence-electron chi connectivity index (χ1n) is 3.77. The molecule has 4 nitrogen and oxygen atoms in total. The van der Waals surface area contributed by atoms with Gasteiger partial charge in [0, 0.05) is 12.7 Å². The summed E-state index contributed by atoms with van der Waals surface area (Å²) in [7, 11) is 0. The highest BCUT2D eigenvalue weighted by Crippen LogP contribution is 2.07. The average Bonchev–Trinajstić information content (AvgIpc) is 2.14. The molecule has 1 rings (SSSR count). The number of aromatic hydroxyl groups is 1. The Hall–Kier alpha value is -1.84. The Balaban J connectivity index is 2.71. The smallest absolute Gasteiger partial charge is 0.253 e. The van der Waals surface area contributed by atoms with E-state index in [1.165, 1.54) is 18.5 Å². The zero-order chi connectivity index (χ0) is 9.68. The first kappa shape index (κ1) is 9.25. The molecule has 0 unspecified atom stereocenters. The number of carbonyl (C=O) groups excluding carboxylic acids is 1. The Labute approximate surface area is 75.9 Å². The van der Waals surface area contributed by atoms with Crippen LogP contribution in [0.4, 0.5) is 0 Å². The van der Waals surface area contributed by atoms with Gasteiger partial charge in [0.05, 0.1) is 11.8 Å². The van der Waals surface area contributed by atoms with Crippen molar-refractivity contribution in [3.8, 4) is 5.75 Å². The molecule has 0 aromatic carbocycles. The molecule has 0 aliphatic heterocycles. The first-order valence-corrected chi connectivity index (χ1v) is 3.77. The van der Waals surface area contributed by atoms with Crippen molar-refractivity contribution in [3.05, 3.63) is 36.7 Å². The van der Waals surface area contributed by atoms with Crippen molar-refractivity contribution in [2.75, 3.05) is 6.54 Å². The highest BCUT2D eigenvalue weighted by Gasteiger charge is 2.04. The fourth-order valence-electron chi connectivity index (χ4n) is 0.819. The van der Waals surface area contributed by atoms with Gasteiger partial charge in [-0.1, -0.05) is 6.08 Å². The summed E-state index contributed by atoms with van der Waals surface area (Å²) in [5, 5.41) is 11.6. The number of rotatable bonds is 3. The zero-order valence-corrected chi connectivity index (χ0v) is 7.03. The van der Waals surface area contributed by atoms with Crippen LogP contribution in [0, 0.1) is 0 Å². The lowest BCUT2D eigenvalue weighted by Gasteiger charge is -2.01. The second kappa shape index (κ2) is 4.25. The average molecular weight is 178 g/mol. The zero-order valence-electron chi connectivity index (χ0n) is 7.03. The molecule has 0 aliphatic carbocycles. The molecule has 13 heavy (non-hydrogen) atoms. The number of aromatic nitrogens is 1. The van der Waals surface area contributed by atoms with Crippen molar-refractivity contribution in [1.29, 1.82) is 0 Å². The molecule has 0 spiro atoms. The van der Waals surface area contributed by atoms with Crippen LogP contribution in [0.3, 0.4) is 0 Å². The van der Waals surface area contributed by atoms with E-state index in [1.807, 2.05) is 0 Å². The Bertz CT molecular complexity index is 323. The molecular formula is C9H10N2O2. The van der Waals surface area contributed by atoms with Crippen LogP contribution in [0.25, 0.3) is 0 Å². The van der Waals surface area contributed by atoms with E-state index in [0.717, 1.165) is 0 Å². The van der Waals surface area contributed by atoms with E-state index in [1.54, 1.807) is 6.08 Å². The highest BCUT2D eigenvalue weighted by molar-refractivity contribution is 5.94. The van der Waals surface area contributed by atoms with Gasteiger partial charge in [-0.25, -0.2) is 0 Å². The summed E-state index contributed by atoms with van der Waals surface area (Å²) in [5.41, 5.74) is 0.335. The van der Waals surface area contributed by atoms with Gasteiger partial charge >= 0.3 is 0 Å². The number of nitrogens with zero attached hydrogens (tertiary/aromatic N) is 1. The minimum atomic E-state index is -0.275. The summed E-state index contributed by atoms with van der Waals surface area (Å²) in [6, 6.07) is 1.35. The number of nitrogens with one attached hydrogen (secondary N) is 1. The molecule has 1 aromatic heterocycles. The molecule has 0 bridgehead atoms. The van der Waals surface area contributed by atoms with E-state index in [9.17, 15) is 4.79 Å². The number of pyridine rings is 1. The summed E-state index contributed by atoms with van der Waals surface area (Å²) in [6.07, 6.45) is 4.23. The molecule has 4 heteroatoms. The normalized spacial score (nSPS) is 9.23. The minimum Gasteiger partial charge on any atom is -0.506 e. The third-order valence-corrected chi connectivity index (χ3v) is 1.39. The van der Waals surface area contributed by atoms with Crippen LogP contribution < -0.4 is 5.32 Å². The van der Waals surface area contributed by atoms with Crippen LogP contribution in [0.15, 0.2) is 31.1 Å². The minimum absolute atomic E-state index is 0.0220. The standard InChI is InChI=1S/C9H10N2O2/c1-2-3-11-9(13)7-4-8(12)6-10-5-7/h2,4-6,12H,1,3H2,(H,11,13). The van der Waals surface area contributed by atoms with Gasteiger partial charge in [0.25, 0.3) is 5.91 Å². The van der Waals surface area contributed by atoms with E-state index in [-0.39, 0.29) is 11.7 Å². The van der Waals surface area contributed by atoms with Crippen LogP contribution in [0.2, 0.25) is 0 Å².